The van der Waals surface area contributed by atoms with Gasteiger partial charge in [0, 0.05) is 43.5 Å². The number of nitrogens with one attached hydrogen (secondary N) is 1. The van der Waals surface area contributed by atoms with Crippen LogP contribution in [0.2, 0.25) is 0 Å². The minimum Gasteiger partial charge on any atom is -0.508 e. The van der Waals surface area contributed by atoms with Gasteiger partial charge in [-0.15, -0.1) is 0 Å². The zero-order chi connectivity index (χ0) is 23.8. The second-order valence-electron chi connectivity index (χ2n) is 8.65. The smallest absolute Gasteiger partial charge is 0.249 e. The summed E-state index contributed by atoms with van der Waals surface area (Å²) in [5.74, 6) is 1.31. The molecule has 1 saturated heterocycles. The Morgan fingerprint density at radius 3 is 2.62 bits per heavy atom. The van der Waals surface area contributed by atoms with Crippen LogP contribution in [0.4, 0.5) is 11.4 Å². The van der Waals surface area contributed by atoms with Crippen LogP contribution >= 0.6 is 0 Å². The van der Waals surface area contributed by atoms with Crippen molar-refractivity contribution in [2.24, 2.45) is 0 Å². The highest BCUT2D eigenvalue weighted by molar-refractivity contribution is 6.11. The second-order valence-corrected chi connectivity index (χ2v) is 8.65. The molecule has 0 saturated carbocycles. The van der Waals surface area contributed by atoms with Crippen LogP contribution in [0.5, 0.6) is 11.5 Å². The van der Waals surface area contributed by atoms with E-state index in [2.05, 4.69) is 27.9 Å². The van der Waals surface area contributed by atoms with Gasteiger partial charge in [-0.05, 0) is 49.0 Å². The van der Waals surface area contributed by atoms with E-state index in [1.807, 2.05) is 30.3 Å². The van der Waals surface area contributed by atoms with Crippen molar-refractivity contribution in [1.82, 2.24) is 14.9 Å². The fraction of sp³-hybridized carbons (Fsp3) is 0.231. The molecule has 1 aliphatic rings. The summed E-state index contributed by atoms with van der Waals surface area (Å²) in [6.45, 7) is 3.98. The molecule has 0 unspecified atom stereocenters. The first kappa shape index (κ1) is 21.8. The van der Waals surface area contributed by atoms with Crippen molar-refractivity contribution in [1.29, 1.82) is 0 Å². The molecular weight excluding hydrogens is 428 g/mol. The van der Waals surface area contributed by atoms with Gasteiger partial charge in [0.1, 0.15) is 17.0 Å². The van der Waals surface area contributed by atoms with E-state index in [0.717, 1.165) is 54.0 Å². The molecule has 4 aromatic rings. The lowest BCUT2D eigenvalue weighted by molar-refractivity contribution is -0.112. The van der Waals surface area contributed by atoms with E-state index in [-0.39, 0.29) is 5.75 Å². The van der Waals surface area contributed by atoms with Gasteiger partial charge in [-0.2, -0.15) is 0 Å². The van der Waals surface area contributed by atoms with Gasteiger partial charge in [-0.1, -0.05) is 12.1 Å². The van der Waals surface area contributed by atoms with Crippen molar-refractivity contribution < 1.29 is 15.3 Å². The van der Waals surface area contributed by atoms with Gasteiger partial charge >= 0.3 is 0 Å². The lowest BCUT2D eigenvalue weighted by Crippen LogP contribution is -2.44. The Labute approximate surface area is 198 Å². The Kier molecular flexibility index (Phi) is 5.59. The molecule has 0 radical (unpaired) electrons. The van der Waals surface area contributed by atoms with Crippen molar-refractivity contribution in [2.75, 3.05) is 51.0 Å². The molecule has 1 aliphatic heterocycles. The summed E-state index contributed by atoms with van der Waals surface area (Å²) in [7, 11) is 3.72. The number of para-hydroxylation sites is 1. The molecule has 2 heterocycles. The molecule has 6 N–H and O–H groups in total. The van der Waals surface area contributed by atoms with Crippen LogP contribution in [0.1, 0.15) is 11.4 Å². The molecule has 5 rings (SSSR count). The predicted molar refractivity (Wildman–Crippen MR) is 135 cm³/mol. The zero-order valence-corrected chi connectivity index (χ0v) is 19.4. The monoisotopic (exact) mass is 457 g/mol. The highest BCUT2D eigenvalue weighted by Gasteiger charge is 2.22. The number of ether oxygens (including phenoxy) is 1. The molecule has 0 atom stereocenters. The number of hydrogen-bond acceptors (Lipinski definition) is 6. The van der Waals surface area contributed by atoms with E-state index < -0.39 is 0 Å². The number of rotatable bonds is 5. The number of benzene rings is 3. The van der Waals surface area contributed by atoms with Crippen LogP contribution in [0.3, 0.4) is 0 Å². The minimum absolute atomic E-state index is 0.142. The summed E-state index contributed by atoms with van der Waals surface area (Å²) in [6.07, 6.45) is 0. The van der Waals surface area contributed by atoms with Crippen LogP contribution in [0, 0.1) is 0 Å². The van der Waals surface area contributed by atoms with Crippen LogP contribution < -0.4 is 20.8 Å². The summed E-state index contributed by atoms with van der Waals surface area (Å²) < 4.78 is 5.42. The van der Waals surface area contributed by atoms with E-state index in [1.54, 1.807) is 25.3 Å². The Hall–Kier alpha value is -4.04. The first-order valence-electron chi connectivity index (χ1n) is 11.3. The third kappa shape index (κ3) is 3.92. The molecule has 34 heavy (non-hydrogen) atoms. The number of aromatic nitrogens is 2. The summed E-state index contributed by atoms with van der Waals surface area (Å²) in [5.41, 5.74) is 12.8. The molecule has 0 spiro atoms. The number of piperazine rings is 1. The molecule has 1 aromatic heterocycles. The number of nitrogens with two attached hydrogens (primary N) is 2. The quantitative estimate of drug-likeness (QED) is 0.269. The number of fused-ring (bicyclic) bond motifs is 1. The lowest BCUT2D eigenvalue weighted by atomic mass is 9.99. The first-order chi connectivity index (χ1) is 16.4. The molecule has 1 fully saturated rings. The zero-order valence-electron chi connectivity index (χ0n) is 19.4. The molecule has 0 aliphatic carbocycles. The van der Waals surface area contributed by atoms with Crippen LogP contribution in [-0.2, 0) is 0 Å². The molecular formula is C26H29N6O2+. The number of aromatic amines is 1. The number of aromatic hydroxyl groups is 1. The van der Waals surface area contributed by atoms with E-state index >= 15 is 0 Å². The van der Waals surface area contributed by atoms with Gasteiger partial charge < -0.3 is 30.4 Å². The number of H-pyrrole nitrogens is 1. The van der Waals surface area contributed by atoms with Crippen molar-refractivity contribution in [3.63, 3.8) is 0 Å². The molecule has 0 bridgehead atoms. The highest BCUT2D eigenvalue weighted by atomic mass is 16.5. The van der Waals surface area contributed by atoms with Gasteiger partial charge in [-0.25, -0.2) is 4.98 Å². The molecule has 174 valence electrons. The molecule has 8 nitrogen and oxygen atoms in total. The van der Waals surface area contributed by atoms with E-state index in [9.17, 15) is 5.11 Å². The summed E-state index contributed by atoms with van der Waals surface area (Å²) >= 11 is 0. The number of nitrogen functional groups attached to an aromatic ring is 1. The van der Waals surface area contributed by atoms with Crippen LogP contribution in [0.15, 0.2) is 54.6 Å². The Bertz CT molecular complexity index is 1370. The molecule has 8 heteroatoms. The standard InChI is InChI=1S/C26H28N6O2/c1-31-10-12-32(13-11-31)22-5-3-4-21-25(22)30-26(29-21)24(28)19-8-6-16(14-20(19)27)18-9-7-17(33)15-23(18)34-2/h3-9,14-15,28,33H,10-13,27H2,1-2H3,(H,29,30)/p+1. The van der Waals surface area contributed by atoms with Gasteiger partial charge in [-0.3, -0.25) is 5.41 Å². The van der Waals surface area contributed by atoms with E-state index in [0.29, 0.717) is 28.5 Å². The number of phenolic OH excluding ortho intramolecular Hbond substituents is 1. The summed E-state index contributed by atoms with van der Waals surface area (Å²) in [5, 5.41) is 16.3. The normalized spacial score (nSPS) is 14.5. The fourth-order valence-electron chi connectivity index (χ4n) is 4.47. The van der Waals surface area contributed by atoms with Gasteiger partial charge in [0.15, 0.2) is 0 Å². The fourth-order valence-corrected chi connectivity index (χ4v) is 4.47. The summed E-state index contributed by atoms with van der Waals surface area (Å²) in [4.78, 5) is 12.9. The van der Waals surface area contributed by atoms with E-state index in [4.69, 9.17) is 20.9 Å². The topological polar surface area (TPSA) is 116 Å². The van der Waals surface area contributed by atoms with Crippen LogP contribution in [0.25, 0.3) is 22.2 Å². The number of phenols is 1. The Morgan fingerprint density at radius 1 is 1.09 bits per heavy atom. The number of nitrogens with zero attached hydrogens (tertiary/aromatic N) is 3. The minimum atomic E-state index is 0.142. The number of methoxy groups -OCH3 is 1. The maximum atomic E-state index is 9.75. The average Bonchev–Trinajstić information content (AvgIpc) is 3.28. The largest absolute Gasteiger partial charge is 0.508 e. The van der Waals surface area contributed by atoms with Crippen molar-refractivity contribution in [3.8, 4) is 22.6 Å². The summed E-state index contributed by atoms with van der Waals surface area (Å²) in [6, 6.07) is 16.9. The maximum absolute atomic E-state index is 9.75. The first-order valence-corrected chi connectivity index (χ1v) is 11.3. The molecule has 0 amide bonds. The SMILES string of the molecule is COc1cc(O)ccc1-c1ccc(C(=[NH2+])c2nc3c(N4CCN(C)CC4)cccc3[nH]2)c(N)c1. The number of likely N-dealkylation sites (N-methyl/N-ethyl adjacent to an activating group) is 1. The van der Waals surface area contributed by atoms with Gasteiger partial charge in [0.05, 0.1) is 23.9 Å². The van der Waals surface area contributed by atoms with Crippen molar-refractivity contribution >= 4 is 28.1 Å². The van der Waals surface area contributed by atoms with Gasteiger partial charge in [0.25, 0.3) is 0 Å². The van der Waals surface area contributed by atoms with Gasteiger partial charge in [0.2, 0.25) is 11.5 Å². The Morgan fingerprint density at radius 2 is 1.88 bits per heavy atom. The average molecular weight is 458 g/mol. The second kappa shape index (κ2) is 8.72. The number of imidazole rings is 1. The maximum Gasteiger partial charge on any atom is 0.249 e. The van der Waals surface area contributed by atoms with Crippen molar-refractivity contribution in [2.45, 2.75) is 0 Å². The Balaban J connectivity index is 1.47. The third-order valence-electron chi connectivity index (χ3n) is 6.43. The van der Waals surface area contributed by atoms with Crippen LogP contribution in [-0.4, -0.2) is 66.0 Å². The van der Waals surface area contributed by atoms with Crippen molar-refractivity contribution in [3.05, 3.63) is 66.0 Å². The number of hydrogen-bond donors (Lipinski definition) is 4. The lowest BCUT2D eigenvalue weighted by Gasteiger charge is -2.34. The predicted octanol–water partition coefficient (Wildman–Crippen LogP) is 1.87. The molecule has 3 aromatic carbocycles. The van der Waals surface area contributed by atoms with E-state index in [1.165, 1.54) is 0 Å². The number of anilines is 2. The third-order valence-corrected chi connectivity index (χ3v) is 6.43. The highest BCUT2D eigenvalue weighted by Crippen LogP contribution is 2.35.